The van der Waals surface area contributed by atoms with Gasteiger partial charge >= 0.3 is 6.03 Å². The van der Waals surface area contributed by atoms with Crippen molar-refractivity contribution in [2.24, 2.45) is 0 Å². The van der Waals surface area contributed by atoms with Gasteiger partial charge < -0.3 is 20.0 Å². The standard InChI is InChI=1S/C20H23FN6O4/c1-20(27(2)29,12-3-5-13(21)6-4-12)24-19(28)23-17-9-16-15(10-22-17)18(26-25-16)31-14-7-8-30-11-14/h3-6,9-10,14,29H,7-8,11H2,1-2H3,(H,25,26)(H2,22,23,24,28)/t14?,20-/m0/s1. The van der Waals surface area contributed by atoms with E-state index in [1.165, 1.54) is 31.3 Å². The summed E-state index contributed by atoms with van der Waals surface area (Å²) in [6.07, 6.45) is 2.31. The van der Waals surface area contributed by atoms with E-state index < -0.39 is 17.5 Å². The number of carbonyl (C=O) groups is 1. The van der Waals surface area contributed by atoms with E-state index in [-0.39, 0.29) is 11.9 Å². The number of urea groups is 1. The van der Waals surface area contributed by atoms with Crippen molar-refractivity contribution in [3.63, 3.8) is 0 Å². The van der Waals surface area contributed by atoms with Crippen LogP contribution in [0.5, 0.6) is 5.88 Å². The number of aromatic amines is 1. The number of aromatic nitrogens is 3. The van der Waals surface area contributed by atoms with E-state index >= 15 is 0 Å². The monoisotopic (exact) mass is 430 g/mol. The van der Waals surface area contributed by atoms with Crippen LogP contribution in [0, 0.1) is 5.82 Å². The SMILES string of the molecule is CN(O)[C@](C)(NC(=O)Nc1cc2[nH]nc(OC3CCOC3)c2cn1)c1ccc(F)cc1. The Balaban J connectivity index is 1.47. The van der Waals surface area contributed by atoms with E-state index in [2.05, 4.69) is 25.8 Å². The van der Waals surface area contributed by atoms with Gasteiger partial charge in [-0.1, -0.05) is 12.1 Å². The fraction of sp³-hybridized carbons (Fsp3) is 0.350. The Kier molecular flexibility index (Phi) is 5.72. The zero-order valence-corrected chi connectivity index (χ0v) is 17.1. The Bertz CT molecular complexity index is 1070. The Morgan fingerprint density at radius 2 is 2.19 bits per heavy atom. The van der Waals surface area contributed by atoms with Crippen molar-refractivity contribution in [2.45, 2.75) is 25.1 Å². The van der Waals surface area contributed by atoms with Crippen LogP contribution in [-0.4, -0.2) is 57.8 Å². The maximum atomic E-state index is 13.3. The Morgan fingerprint density at radius 1 is 1.42 bits per heavy atom. The van der Waals surface area contributed by atoms with Crippen LogP contribution in [0.3, 0.4) is 0 Å². The molecule has 0 bridgehead atoms. The maximum Gasteiger partial charge on any atom is 0.322 e. The molecule has 0 radical (unpaired) electrons. The highest BCUT2D eigenvalue weighted by molar-refractivity contribution is 5.92. The highest BCUT2D eigenvalue weighted by atomic mass is 19.1. The molecule has 1 aliphatic rings. The molecule has 11 heteroatoms. The van der Waals surface area contributed by atoms with Crippen molar-refractivity contribution in [2.75, 3.05) is 25.6 Å². The van der Waals surface area contributed by atoms with Crippen molar-refractivity contribution >= 4 is 22.8 Å². The second-order valence-electron chi connectivity index (χ2n) is 7.43. The van der Waals surface area contributed by atoms with Crippen LogP contribution in [-0.2, 0) is 10.4 Å². The average molecular weight is 430 g/mol. The van der Waals surface area contributed by atoms with Crippen LogP contribution < -0.4 is 15.4 Å². The van der Waals surface area contributed by atoms with Crippen molar-refractivity contribution in [1.29, 1.82) is 0 Å². The smallest absolute Gasteiger partial charge is 0.322 e. The number of hydroxylamine groups is 2. The molecule has 3 aromatic rings. The predicted octanol–water partition coefficient (Wildman–Crippen LogP) is 2.58. The number of amides is 2. The normalized spacial score (nSPS) is 18.2. The van der Waals surface area contributed by atoms with E-state index in [9.17, 15) is 14.4 Å². The molecule has 2 aromatic heterocycles. The summed E-state index contributed by atoms with van der Waals surface area (Å²) in [5.41, 5.74) is -0.177. The molecule has 3 heterocycles. The van der Waals surface area contributed by atoms with Gasteiger partial charge in [-0.15, -0.1) is 5.10 Å². The zero-order chi connectivity index (χ0) is 22.0. The summed E-state index contributed by atoms with van der Waals surface area (Å²) in [6.45, 7) is 2.77. The number of halogens is 1. The van der Waals surface area contributed by atoms with Crippen molar-refractivity contribution in [1.82, 2.24) is 25.6 Å². The number of nitrogens with one attached hydrogen (secondary N) is 3. The number of hydrogen-bond donors (Lipinski definition) is 4. The zero-order valence-electron chi connectivity index (χ0n) is 17.1. The minimum absolute atomic E-state index is 0.0466. The lowest BCUT2D eigenvalue weighted by molar-refractivity contribution is -0.158. The summed E-state index contributed by atoms with van der Waals surface area (Å²) >= 11 is 0. The molecule has 2 atom stereocenters. The van der Waals surface area contributed by atoms with Crippen LogP contribution in [0.25, 0.3) is 10.9 Å². The van der Waals surface area contributed by atoms with E-state index in [4.69, 9.17) is 9.47 Å². The van der Waals surface area contributed by atoms with Gasteiger partial charge in [-0.25, -0.2) is 14.2 Å². The number of rotatable bonds is 6. The number of pyridine rings is 1. The van der Waals surface area contributed by atoms with Gasteiger partial charge in [-0.2, -0.15) is 5.06 Å². The molecule has 4 rings (SSSR count). The lowest BCUT2D eigenvalue weighted by Gasteiger charge is -2.35. The molecule has 0 saturated carbocycles. The number of hydrogen-bond acceptors (Lipinski definition) is 7. The molecular formula is C20H23FN6O4. The van der Waals surface area contributed by atoms with Crippen LogP contribution in [0.15, 0.2) is 36.5 Å². The molecule has 164 valence electrons. The fourth-order valence-corrected chi connectivity index (χ4v) is 3.29. The minimum Gasteiger partial charge on any atom is -0.470 e. The lowest BCUT2D eigenvalue weighted by atomic mass is 10.0. The third-order valence-electron chi connectivity index (χ3n) is 5.23. The van der Waals surface area contributed by atoms with Gasteiger partial charge in [0.25, 0.3) is 0 Å². The first-order valence-electron chi connectivity index (χ1n) is 9.71. The number of nitrogens with zero attached hydrogens (tertiary/aromatic N) is 3. The highest BCUT2D eigenvalue weighted by Gasteiger charge is 2.33. The molecule has 1 unspecified atom stereocenters. The molecule has 1 fully saturated rings. The molecular weight excluding hydrogens is 407 g/mol. The van der Waals surface area contributed by atoms with Gasteiger partial charge in [0.15, 0.2) is 0 Å². The summed E-state index contributed by atoms with van der Waals surface area (Å²) in [6, 6.07) is 6.47. The number of fused-ring (bicyclic) bond motifs is 1. The van der Waals surface area contributed by atoms with Crippen LogP contribution >= 0.6 is 0 Å². The molecule has 0 aliphatic carbocycles. The lowest BCUT2D eigenvalue weighted by Crippen LogP contribution is -2.54. The van der Waals surface area contributed by atoms with Crippen LogP contribution in [0.4, 0.5) is 15.0 Å². The molecule has 2 amide bonds. The summed E-state index contributed by atoms with van der Waals surface area (Å²) in [5, 5.41) is 24.0. The number of ether oxygens (including phenoxy) is 2. The van der Waals surface area contributed by atoms with Gasteiger partial charge in [-0.05, 0) is 24.6 Å². The second-order valence-corrected chi connectivity index (χ2v) is 7.43. The van der Waals surface area contributed by atoms with Crippen LogP contribution in [0.2, 0.25) is 0 Å². The Labute approximate surface area is 177 Å². The molecule has 4 N–H and O–H groups in total. The third kappa shape index (κ3) is 4.43. The topological polar surface area (TPSA) is 125 Å². The quantitative estimate of drug-likeness (QED) is 0.350. The largest absolute Gasteiger partial charge is 0.470 e. The fourth-order valence-electron chi connectivity index (χ4n) is 3.29. The summed E-state index contributed by atoms with van der Waals surface area (Å²) in [7, 11) is 1.38. The Morgan fingerprint density at radius 3 is 2.87 bits per heavy atom. The average Bonchev–Trinajstić information content (AvgIpc) is 3.38. The van der Waals surface area contributed by atoms with Gasteiger partial charge in [0.05, 0.1) is 24.1 Å². The van der Waals surface area contributed by atoms with Crippen LogP contribution in [0.1, 0.15) is 18.9 Å². The van der Waals surface area contributed by atoms with E-state index in [0.717, 1.165) is 11.5 Å². The second kappa shape index (κ2) is 8.46. The summed E-state index contributed by atoms with van der Waals surface area (Å²) in [5.74, 6) is 0.281. The van der Waals surface area contributed by atoms with Crippen molar-refractivity contribution in [3.05, 3.63) is 47.9 Å². The molecule has 1 aliphatic heterocycles. The van der Waals surface area contributed by atoms with Crippen molar-refractivity contribution < 1.29 is 23.9 Å². The van der Waals surface area contributed by atoms with Gasteiger partial charge in [0.1, 0.15) is 23.4 Å². The molecule has 1 saturated heterocycles. The van der Waals surface area contributed by atoms with Crippen molar-refractivity contribution in [3.8, 4) is 5.88 Å². The number of benzene rings is 1. The van der Waals surface area contributed by atoms with E-state index in [0.29, 0.717) is 35.6 Å². The number of anilines is 1. The van der Waals surface area contributed by atoms with Gasteiger partial charge in [-0.3, -0.25) is 10.4 Å². The Hall–Kier alpha value is -3.28. The number of H-pyrrole nitrogens is 1. The maximum absolute atomic E-state index is 13.3. The molecule has 0 spiro atoms. The summed E-state index contributed by atoms with van der Waals surface area (Å²) in [4.78, 5) is 16.9. The summed E-state index contributed by atoms with van der Waals surface area (Å²) < 4.78 is 24.4. The minimum atomic E-state index is -1.31. The first-order valence-corrected chi connectivity index (χ1v) is 9.71. The third-order valence-corrected chi connectivity index (χ3v) is 5.23. The highest BCUT2D eigenvalue weighted by Crippen LogP contribution is 2.26. The van der Waals surface area contributed by atoms with Gasteiger partial charge in [0, 0.05) is 25.7 Å². The molecule has 1 aromatic carbocycles. The number of carbonyl (C=O) groups excluding carboxylic acids is 1. The predicted molar refractivity (Wildman–Crippen MR) is 109 cm³/mol. The molecule has 31 heavy (non-hydrogen) atoms. The van der Waals surface area contributed by atoms with E-state index in [1.807, 2.05) is 0 Å². The van der Waals surface area contributed by atoms with Gasteiger partial charge in [0.2, 0.25) is 5.88 Å². The van der Waals surface area contributed by atoms with E-state index in [1.54, 1.807) is 19.2 Å². The first kappa shape index (κ1) is 21.0. The first-order chi connectivity index (χ1) is 14.8. The molecule has 10 nitrogen and oxygen atoms in total.